The Morgan fingerprint density at radius 2 is 1.90 bits per heavy atom. The van der Waals surface area contributed by atoms with Gasteiger partial charge in [-0.1, -0.05) is 29.8 Å². The number of carbonyl (C=O) groups is 2. The van der Waals surface area contributed by atoms with Gasteiger partial charge in [-0.15, -0.1) is 0 Å². The molecule has 0 aliphatic rings. The van der Waals surface area contributed by atoms with Gasteiger partial charge in [-0.2, -0.15) is 0 Å². The molecule has 1 rings (SSSR count). The maximum absolute atomic E-state index is 11.8. The first-order chi connectivity index (χ1) is 9.73. The Kier molecular flexibility index (Phi) is 6.03. The van der Waals surface area contributed by atoms with Gasteiger partial charge in [-0.05, 0) is 32.4 Å². The van der Waals surface area contributed by atoms with Gasteiger partial charge in [0, 0.05) is 11.4 Å². The van der Waals surface area contributed by atoms with Crippen LogP contribution >= 0.6 is 11.6 Å². The van der Waals surface area contributed by atoms with Gasteiger partial charge in [0.05, 0.1) is 7.11 Å². The van der Waals surface area contributed by atoms with E-state index < -0.39 is 23.7 Å². The topological polar surface area (TPSA) is 64.6 Å². The molecule has 116 valence electrons. The molecule has 0 saturated heterocycles. The number of nitrogens with one attached hydrogen (secondary N) is 1. The third-order valence-electron chi connectivity index (χ3n) is 2.56. The normalized spacial score (nSPS) is 12.4. The second-order valence-electron chi connectivity index (χ2n) is 5.52. The van der Waals surface area contributed by atoms with Gasteiger partial charge >= 0.3 is 12.1 Å². The maximum atomic E-state index is 11.8. The Morgan fingerprint density at radius 1 is 1.29 bits per heavy atom. The Hall–Kier alpha value is -1.75. The van der Waals surface area contributed by atoms with Crippen molar-refractivity contribution in [1.29, 1.82) is 0 Å². The molecule has 0 fully saturated rings. The fourth-order valence-electron chi connectivity index (χ4n) is 1.67. The number of esters is 1. The van der Waals surface area contributed by atoms with Crippen LogP contribution in [-0.2, 0) is 20.7 Å². The third kappa shape index (κ3) is 6.04. The lowest BCUT2D eigenvalue weighted by atomic mass is 10.1. The van der Waals surface area contributed by atoms with E-state index in [-0.39, 0.29) is 6.42 Å². The zero-order chi connectivity index (χ0) is 16.0. The van der Waals surface area contributed by atoms with Crippen molar-refractivity contribution in [3.8, 4) is 0 Å². The molecule has 0 unspecified atom stereocenters. The molecule has 0 aliphatic heterocycles. The van der Waals surface area contributed by atoms with Gasteiger partial charge < -0.3 is 14.8 Å². The summed E-state index contributed by atoms with van der Waals surface area (Å²) in [4.78, 5) is 23.6. The van der Waals surface area contributed by atoms with E-state index in [2.05, 4.69) is 5.32 Å². The summed E-state index contributed by atoms with van der Waals surface area (Å²) in [6.45, 7) is 5.23. The molecule has 0 bridgehead atoms. The first kappa shape index (κ1) is 17.3. The maximum Gasteiger partial charge on any atom is 0.408 e. The molecule has 1 aromatic carbocycles. The second-order valence-corrected chi connectivity index (χ2v) is 5.92. The monoisotopic (exact) mass is 313 g/mol. The molecule has 0 radical (unpaired) electrons. The summed E-state index contributed by atoms with van der Waals surface area (Å²) in [6, 6.07) is 6.25. The van der Waals surface area contributed by atoms with E-state index in [1.165, 1.54) is 7.11 Å². The lowest BCUT2D eigenvalue weighted by Gasteiger charge is -2.22. The zero-order valence-corrected chi connectivity index (χ0v) is 13.4. The van der Waals surface area contributed by atoms with E-state index in [0.717, 1.165) is 5.56 Å². The smallest absolute Gasteiger partial charge is 0.408 e. The van der Waals surface area contributed by atoms with Crippen LogP contribution in [0.5, 0.6) is 0 Å². The molecule has 0 spiro atoms. The molecular weight excluding hydrogens is 294 g/mol. The second kappa shape index (κ2) is 7.31. The predicted molar refractivity (Wildman–Crippen MR) is 80.3 cm³/mol. The van der Waals surface area contributed by atoms with Gasteiger partial charge in [0.25, 0.3) is 0 Å². The van der Waals surface area contributed by atoms with E-state index in [1.54, 1.807) is 39.0 Å². The lowest BCUT2D eigenvalue weighted by molar-refractivity contribution is -0.143. The first-order valence-corrected chi connectivity index (χ1v) is 6.91. The van der Waals surface area contributed by atoms with Crippen molar-refractivity contribution in [2.75, 3.05) is 7.11 Å². The van der Waals surface area contributed by atoms with Gasteiger partial charge in [0.15, 0.2) is 0 Å². The number of alkyl carbamates (subject to hydrolysis) is 1. The highest BCUT2D eigenvalue weighted by Gasteiger charge is 2.25. The molecule has 5 nitrogen and oxygen atoms in total. The summed E-state index contributed by atoms with van der Waals surface area (Å²) in [6.07, 6.45) is -0.448. The van der Waals surface area contributed by atoms with Gasteiger partial charge in [-0.25, -0.2) is 9.59 Å². The van der Waals surface area contributed by atoms with Crippen LogP contribution in [0.4, 0.5) is 4.79 Å². The standard InChI is InChI=1S/C15H20ClNO4/c1-15(2,3)21-14(19)17-12(13(18)20-4)9-10-7-5-6-8-11(10)16/h5-8,12H,9H2,1-4H3,(H,17,19)/t12-/m0/s1. The summed E-state index contributed by atoms with van der Waals surface area (Å²) in [5, 5.41) is 3.03. The summed E-state index contributed by atoms with van der Waals surface area (Å²) < 4.78 is 9.84. The Balaban J connectivity index is 2.80. The van der Waals surface area contributed by atoms with Crippen LogP contribution in [-0.4, -0.2) is 30.8 Å². The predicted octanol–water partition coefficient (Wildman–Crippen LogP) is 2.95. The number of carbonyl (C=O) groups excluding carboxylic acids is 2. The first-order valence-electron chi connectivity index (χ1n) is 6.53. The minimum Gasteiger partial charge on any atom is -0.467 e. The van der Waals surface area contributed by atoms with Crippen molar-refractivity contribution in [2.24, 2.45) is 0 Å². The summed E-state index contributed by atoms with van der Waals surface area (Å²) in [7, 11) is 1.26. The fourth-order valence-corrected chi connectivity index (χ4v) is 1.88. The van der Waals surface area contributed by atoms with E-state index >= 15 is 0 Å². The minimum absolute atomic E-state index is 0.228. The molecular formula is C15H20ClNO4. The molecule has 1 N–H and O–H groups in total. The number of ether oxygens (including phenoxy) is 2. The highest BCUT2D eigenvalue weighted by molar-refractivity contribution is 6.31. The van der Waals surface area contributed by atoms with Crippen molar-refractivity contribution in [3.63, 3.8) is 0 Å². The summed E-state index contributed by atoms with van der Waals surface area (Å²) >= 11 is 6.06. The Morgan fingerprint density at radius 3 is 2.43 bits per heavy atom. The molecule has 21 heavy (non-hydrogen) atoms. The van der Waals surface area contributed by atoms with Crippen LogP contribution in [0.25, 0.3) is 0 Å². The van der Waals surface area contributed by atoms with Gasteiger partial charge in [0.2, 0.25) is 0 Å². The third-order valence-corrected chi connectivity index (χ3v) is 2.93. The van der Waals surface area contributed by atoms with Crippen molar-refractivity contribution in [2.45, 2.75) is 38.8 Å². The van der Waals surface area contributed by atoms with Gasteiger partial charge in [-0.3, -0.25) is 0 Å². The van der Waals surface area contributed by atoms with E-state index in [1.807, 2.05) is 6.07 Å². The van der Waals surface area contributed by atoms with E-state index in [9.17, 15) is 9.59 Å². The highest BCUT2D eigenvalue weighted by Crippen LogP contribution is 2.17. The minimum atomic E-state index is -0.857. The number of hydrogen-bond acceptors (Lipinski definition) is 4. The molecule has 1 aromatic rings. The van der Waals surface area contributed by atoms with Crippen LogP contribution in [0.3, 0.4) is 0 Å². The number of halogens is 1. The quantitative estimate of drug-likeness (QED) is 0.868. The lowest BCUT2D eigenvalue weighted by Crippen LogP contribution is -2.45. The van der Waals surface area contributed by atoms with Crippen LogP contribution < -0.4 is 5.32 Å². The largest absolute Gasteiger partial charge is 0.467 e. The summed E-state index contributed by atoms with van der Waals surface area (Å²) in [5.41, 5.74) is 0.0976. The molecule has 1 amide bonds. The molecule has 0 heterocycles. The Labute approximate surface area is 129 Å². The fraction of sp³-hybridized carbons (Fsp3) is 0.467. The molecule has 0 aromatic heterocycles. The van der Waals surface area contributed by atoms with Crippen LogP contribution in [0, 0.1) is 0 Å². The number of amides is 1. The van der Waals surface area contributed by atoms with Crippen molar-refractivity contribution in [3.05, 3.63) is 34.9 Å². The van der Waals surface area contributed by atoms with Crippen molar-refractivity contribution >= 4 is 23.7 Å². The SMILES string of the molecule is COC(=O)[C@H](Cc1ccccc1Cl)NC(=O)OC(C)(C)C. The number of methoxy groups -OCH3 is 1. The average molecular weight is 314 g/mol. The highest BCUT2D eigenvalue weighted by atomic mass is 35.5. The van der Waals surface area contributed by atoms with Crippen molar-refractivity contribution < 1.29 is 19.1 Å². The van der Waals surface area contributed by atoms with Crippen LogP contribution in [0.1, 0.15) is 26.3 Å². The van der Waals surface area contributed by atoms with Crippen LogP contribution in [0.2, 0.25) is 5.02 Å². The average Bonchev–Trinajstić information content (AvgIpc) is 2.37. The number of rotatable bonds is 4. The molecule has 6 heteroatoms. The Bertz CT molecular complexity index is 511. The number of benzene rings is 1. The zero-order valence-electron chi connectivity index (χ0n) is 12.6. The molecule has 0 saturated carbocycles. The number of hydrogen-bond donors (Lipinski definition) is 1. The van der Waals surface area contributed by atoms with E-state index in [0.29, 0.717) is 5.02 Å². The van der Waals surface area contributed by atoms with Crippen molar-refractivity contribution in [1.82, 2.24) is 5.32 Å². The van der Waals surface area contributed by atoms with E-state index in [4.69, 9.17) is 21.1 Å². The van der Waals surface area contributed by atoms with Crippen LogP contribution in [0.15, 0.2) is 24.3 Å². The summed E-state index contributed by atoms with van der Waals surface area (Å²) in [5.74, 6) is -0.555. The molecule has 1 atom stereocenters. The molecule has 0 aliphatic carbocycles. The van der Waals surface area contributed by atoms with Gasteiger partial charge in [0.1, 0.15) is 11.6 Å².